The third kappa shape index (κ3) is 3.29. The first-order chi connectivity index (χ1) is 10.2. The first kappa shape index (κ1) is 15.7. The Hall–Kier alpha value is -0.160. The molecule has 3 fully saturated rings. The van der Waals surface area contributed by atoms with Crippen molar-refractivity contribution in [2.75, 3.05) is 45.9 Å². The molecule has 3 aliphatic heterocycles. The number of ether oxygens (including phenoxy) is 1. The van der Waals surface area contributed by atoms with Gasteiger partial charge in [0.2, 0.25) is 0 Å². The molecule has 0 aliphatic carbocycles. The van der Waals surface area contributed by atoms with Crippen LogP contribution >= 0.6 is 0 Å². The summed E-state index contributed by atoms with van der Waals surface area (Å²) < 4.78 is 5.62. The van der Waals surface area contributed by atoms with Gasteiger partial charge in [0.1, 0.15) is 0 Å². The number of hydrogen-bond donors (Lipinski definition) is 1. The normalized spacial score (nSPS) is 33.1. The smallest absolute Gasteiger partial charge is 0.0513 e. The fourth-order valence-corrected chi connectivity index (χ4v) is 4.60. The Kier molecular flexibility index (Phi) is 5.20. The van der Waals surface area contributed by atoms with E-state index < -0.39 is 0 Å². The van der Waals surface area contributed by atoms with Gasteiger partial charge in [0.15, 0.2) is 0 Å². The maximum Gasteiger partial charge on any atom is 0.0513 e. The summed E-state index contributed by atoms with van der Waals surface area (Å²) in [6, 6.07) is 0.823. The zero-order valence-electron chi connectivity index (χ0n) is 13.7. The van der Waals surface area contributed by atoms with Gasteiger partial charge in [0.25, 0.3) is 0 Å². The van der Waals surface area contributed by atoms with E-state index in [0.29, 0.717) is 5.92 Å². The van der Waals surface area contributed by atoms with E-state index in [9.17, 15) is 0 Å². The average Bonchev–Trinajstić information content (AvgIpc) is 3.10. The molecule has 3 rings (SSSR count). The van der Waals surface area contributed by atoms with Crippen molar-refractivity contribution in [3.63, 3.8) is 0 Å². The summed E-state index contributed by atoms with van der Waals surface area (Å²) in [7, 11) is 0. The highest BCUT2D eigenvalue weighted by Gasteiger charge is 2.42. The van der Waals surface area contributed by atoms with Crippen molar-refractivity contribution < 1.29 is 4.74 Å². The molecule has 122 valence electrons. The Morgan fingerprint density at radius 3 is 2.33 bits per heavy atom. The number of rotatable bonds is 4. The van der Waals surface area contributed by atoms with Gasteiger partial charge in [0.05, 0.1) is 6.61 Å². The molecule has 21 heavy (non-hydrogen) atoms. The van der Waals surface area contributed by atoms with Crippen LogP contribution in [0.2, 0.25) is 0 Å². The summed E-state index contributed by atoms with van der Waals surface area (Å²) >= 11 is 0. The van der Waals surface area contributed by atoms with Crippen molar-refractivity contribution in [2.24, 2.45) is 11.7 Å². The van der Waals surface area contributed by atoms with E-state index in [4.69, 9.17) is 10.5 Å². The molecule has 2 N–H and O–H groups in total. The lowest BCUT2D eigenvalue weighted by atomic mass is 9.81. The third-order valence-electron chi connectivity index (χ3n) is 6.32. The molecule has 0 spiro atoms. The highest BCUT2D eigenvalue weighted by atomic mass is 16.5. The summed E-state index contributed by atoms with van der Waals surface area (Å²) in [6.07, 6.45) is 8.06. The molecule has 0 aromatic heterocycles. The predicted octanol–water partition coefficient (Wildman–Crippen LogP) is 1.69. The summed E-state index contributed by atoms with van der Waals surface area (Å²) in [6.45, 7) is 10.0. The fraction of sp³-hybridized carbons (Fsp3) is 1.00. The van der Waals surface area contributed by atoms with Crippen molar-refractivity contribution in [3.8, 4) is 0 Å². The van der Waals surface area contributed by atoms with Gasteiger partial charge in [-0.1, -0.05) is 6.42 Å². The van der Waals surface area contributed by atoms with Crippen molar-refractivity contribution in [2.45, 2.75) is 57.0 Å². The van der Waals surface area contributed by atoms with Crippen molar-refractivity contribution in [1.29, 1.82) is 0 Å². The molecule has 2 atom stereocenters. The lowest BCUT2D eigenvalue weighted by Crippen LogP contribution is -2.60. The van der Waals surface area contributed by atoms with Crippen LogP contribution in [0.25, 0.3) is 0 Å². The number of nitrogens with zero attached hydrogens (tertiary/aromatic N) is 2. The Morgan fingerprint density at radius 1 is 1.05 bits per heavy atom. The summed E-state index contributed by atoms with van der Waals surface area (Å²) in [4.78, 5) is 5.42. The van der Waals surface area contributed by atoms with Crippen molar-refractivity contribution in [3.05, 3.63) is 0 Å². The van der Waals surface area contributed by atoms with E-state index in [1.165, 1.54) is 64.7 Å². The zero-order valence-corrected chi connectivity index (χ0v) is 13.7. The van der Waals surface area contributed by atoms with Gasteiger partial charge >= 0.3 is 0 Å². The molecule has 3 saturated heterocycles. The summed E-state index contributed by atoms with van der Waals surface area (Å²) in [5.41, 5.74) is 6.33. The van der Waals surface area contributed by atoms with Gasteiger partial charge in [-0.15, -0.1) is 0 Å². The van der Waals surface area contributed by atoms with E-state index in [1.807, 2.05) is 0 Å². The molecule has 0 aromatic carbocycles. The average molecular weight is 295 g/mol. The topological polar surface area (TPSA) is 41.7 Å². The number of hydrogen-bond acceptors (Lipinski definition) is 4. The van der Waals surface area contributed by atoms with Crippen LogP contribution in [0.15, 0.2) is 0 Å². The first-order valence-electron chi connectivity index (χ1n) is 9.01. The molecule has 2 unspecified atom stereocenters. The van der Waals surface area contributed by atoms with Gasteiger partial charge in [0, 0.05) is 43.7 Å². The second-order valence-electron chi connectivity index (χ2n) is 7.44. The molecule has 4 heteroatoms. The van der Waals surface area contributed by atoms with E-state index in [-0.39, 0.29) is 5.54 Å². The van der Waals surface area contributed by atoms with Gasteiger partial charge in [-0.05, 0) is 52.1 Å². The van der Waals surface area contributed by atoms with Crippen LogP contribution < -0.4 is 5.73 Å². The standard InChI is InChI=1S/C17H33N3O/c1-17(14-18,15-7-12-21-13-15)20-10-5-16(6-11-20)19-8-3-2-4-9-19/h15-16H,2-14,18H2,1H3. The van der Waals surface area contributed by atoms with Crippen molar-refractivity contribution in [1.82, 2.24) is 9.80 Å². The number of piperidine rings is 2. The van der Waals surface area contributed by atoms with Gasteiger partial charge in [-0.25, -0.2) is 0 Å². The van der Waals surface area contributed by atoms with E-state index >= 15 is 0 Å². The minimum atomic E-state index is 0.142. The lowest BCUT2D eigenvalue weighted by molar-refractivity contribution is 0.00309. The lowest BCUT2D eigenvalue weighted by Gasteiger charge is -2.49. The maximum absolute atomic E-state index is 6.19. The molecule has 0 bridgehead atoms. The maximum atomic E-state index is 6.19. The summed E-state index contributed by atoms with van der Waals surface area (Å²) in [5.74, 6) is 0.619. The Bertz CT molecular complexity index is 318. The second kappa shape index (κ2) is 6.95. The minimum Gasteiger partial charge on any atom is -0.381 e. The summed E-state index contributed by atoms with van der Waals surface area (Å²) in [5, 5.41) is 0. The largest absolute Gasteiger partial charge is 0.381 e. The van der Waals surface area contributed by atoms with Gasteiger partial charge in [-0.3, -0.25) is 4.90 Å². The van der Waals surface area contributed by atoms with Crippen LogP contribution in [-0.4, -0.2) is 67.3 Å². The number of likely N-dealkylation sites (tertiary alicyclic amines) is 2. The highest BCUT2D eigenvalue weighted by Crippen LogP contribution is 2.33. The van der Waals surface area contributed by atoms with Crippen LogP contribution in [0.3, 0.4) is 0 Å². The molecule has 3 heterocycles. The predicted molar refractivity (Wildman–Crippen MR) is 86.4 cm³/mol. The molecule has 0 saturated carbocycles. The van der Waals surface area contributed by atoms with E-state index in [1.54, 1.807) is 0 Å². The molecule has 0 radical (unpaired) electrons. The van der Waals surface area contributed by atoms with Crippen LogP contribution in [-0.2, 0) is 4.74 Å². The second-order valence-corrected chi connectivity index (χ2v) is 7.44. The Labute approximate surface area is 130 Å². The molecule has 0 amide bonds. The molecule has 3 aliphatic rings. The van der Waals surface area contributed by atoms with E-state index in [2.05, 4.69) is 16.7 Å². The Morgan fingerprint density at radius 2 is 1.76 bits per heavy atom. The quantitative estimate of drug-likeness (QED) is 0.857. The number of nitrogens with two attached hydrogens (primary N) is 1. The minimum absolute atomic E-state index is 0.142. The fourth-order valence-electron chi connectivity index (χ4n) is 4.60. The Balaban J connectivity index is 1.56. The van der Waals surface area contributed by atoms with Crippen molar-refractivity contribution >= 4 is 0 Å². The van der Waals surface area contributed by atoms with Crippen LogP contribution in [0.4, 0.5) is 0 Å². The van der Waals surface area contributed by atoms with Gasteiger partial charge in [-0.2, -0.15) is 0 Å². The molecular formula is C17H33N3O. The zero-order chi connectivity index (χ0) is 14.7. The molecule has 0 aromatic rings. The highest BCUT2D eigenvalue weighted by molar-refractivity contribution is 4.97. The molecule has 4 nitrogen and oxygen atoms in total. The van der Waals surface area contributed by atoms with Crippen LogP contribution in [0, 0.1) is 5.92 Å². The monoisotopic (exact) mass is 295 g/mol. The van der Waals surface area contributed by atoms with Gasteiger partial charge < -0.3 is 15.4 Å². The van der Waals surface area contributed by atoms with Crippen LogP contribution in [0.5, 0.6) is 0 Å². The third-order valence-corrected chi connectivity index (χ3v) is 6.32. The van der Waals surface area contributed by atoms with Crippen LogP contribution in [0.1, 0.15) is 45.4 Å². The molecular weight excluding hydrogens is 262 g/mol. The first-order valence-corrected chi connectivity index (χ1v) is 9.01. The SMILES string of the molecule is CC(CN)(C1CCOC1)N1CCC(N2CCCCC2)CC1. The van der Waals surface area contributed by atoms with E-state index in [0.717, 1.165) is 25.8 Å².